The fourth-order valence-electron chi connectivity index (χ4n) is 1.20. The Morgan fingerprint density at radius 2 is 1.83 bits per heavy atom. The van der Waals surface area contributed by atoms with Crippen LogP contribution in [0.1, 0.15) is 33.4 Å². The highest BCUT2D eigenvalue weighted by atomic mass is 16.5. The Hall–Kier alpha value is -1.07. The monoisotopic (exact) mass is 250 g/mol. The molecule has 0 fully saturated rings. The van der Waals surface area contributed by atoms with Crippen molar-refractivity contribution in [3.8, 4) is 5.88 Å². The number of hydrogen-bond donors (Lipinski definition) is 1. The quantitative estimate of drug-likeness (QED) is 0.798. The van der Waals surface area contributed by atoms with E-state index in [4.69, 9.17) is 9.39 Å². The van der Waals surface area contributed by atoms with Gasteiger partial charge in [-0.3, -0.25) is 0 Å². The van der Waals surface area contributed by atoms with E-state index >= 15 is 0 Å². The van der Waals surface area contributed by atoms with Crippen LogP contribution < -0.4 is 10.2 Å². The summed E-state index contributed by atoms with van der Waals surface area (Å²) in [5.41, 5.74) is 0.0921. The number of aromatic nitrogens is 1. The Kier molecular flexibility index (Phi) is 4.40. The zero-order valence-electron chi connectivity index (χ0n) is 11.9. The number of aliphatic hydroxyl groups is 1. The molecule has 99 valence electrons. The molecule has 5 heteroatoms. The molecule has 0 bridgehead atoms. The lowest BCUT2D eigenvalue weighted by molar-refractivity contribution is -0.0893. The second-order valence-electron chi connectivity index (χ2n) is 5.39. The van der Waals surface area contributed by atoms with E-state index in [0.29, 0.717) is 5.88 Å². The van der Waals surface area contributed by atoms with Gasteiger partial charge in [0, 0.05) is 5.69 Å². The fraction of sp³-hybridized carbons (Fsp3) is 0.615. The minimum atomic E-state index is -0.935. The lowest BCUT2D eigenvalue weighted by Gasteiger charge is -2.37. The van der Waals surface area contributed by atoms with E-state index in [2.05, 4.69) is 4.98 Å². The van der Waals surface area contributed by atoms with Crippen molar-refractivity contribution in [1.29, 1.82) is 0 Å². The topological polar surface area (TPSA) is 51.6 Å². The first-order chi connectivity index (χ1) is 8.15. The third-order valence-electron chi connectivity index (χ3n) is 3.12. The van der Waals surface area contributed by atoms with E-state index in [-0.39, 0.29) is 0 Å². The minimum Gasteiger partial charge on any atom is -0.481 e. The molecule has 0 amide bonds. The van der Waals surface area contributed by atoms with E-state index in [9.17, 15) is 5.11 Å². The van der Waals surface area contributed by atoms with Gasteiger partial charge in [-0.15, -0.1) is 0 Å². The molecule has 0 aliphatic heterocycles. The summed E-state index contributed by atoms with van der Waals surface area (Å²) in [6, 6.07) is 3.68. The summed E-state index contributed by atoms with van der Waals surface area (Å²) in [5.74, 6) is 0.547. The summed E-state index contributed by atoms with van der Waals surface area (Å²) < 4.78 is 10.8. The molecule has 1 N–H and O–H groups in total. The predicted molar refractivity (Wildman–Crippen MR) is 72.4 cm³/mol. The molecule has 0 saturated carbocycles. The molecule has 1 radical (unpaired) electrons. The second kappa shape index (κ2) is 5.28. The van der Waals surface area contributed by atoms with Gasteiger partial charge in [0.15, 0.2) is 0 Å². The molecule has 1 rings (SSSR count). The summed E-state index contributed by atoms with van der Waals surface area (Å²) in [6.45, 7) is 9.02. The van der Waals surface area contributed by atoms with Gasteiger partial charge >= 0.3 is 7.48 Å². The van der Waals surface area contributed by atoms with Crippen LogP contribution in [0.2, 0.25) is 0 Å². The van der Waals surface area contributed by atoms with Gasteiger partial charge in [-0.2, -0.15) is 0 Å². The fourth-order valence-corrected chi connectivity index (χ4v) is 1.20. The summed E-state index contributed by atoms with van der Waals surface area (Å²) in [4.78, 5) is 4.20. The van der Waals surface area contributed by atoms with Crippen LogP contribution in [0.4, 0.5) is 0 Å². The first-order valence-corrected chi connectivity index (χ1v) is 5.92. The molecule has 1 aromatic heterocycles. The van der Waals surface area contributed by atoms with E-state index in [1.165, 1.54) is 0 Å². The van der Waals surface area contributed by atoms with Gasteiger partial charge < -0.3 is 14.5 Å². The van der Waals surface area contributed by atoms with Crippen LogP contribution in [0.25, 0.3) is 0 Å². The largest absolute Gasteiger partial charge is 0.481 e. The molecule has 0 saturated heterocycles. The molecule has 0 aromatic carbocycles. The standard InChI is InChI=1S/C13H21BNO3/c1-9-7-10(8-11(15-9)17-6)14-18-13(4,5)12(2,3)16/h7-8,16H,1-6H3. The molecule has 1 heterocycles. The third-order valence-corrected chi connectivity index (χ3v) is 3.12. The maximum atomic E-state index is 10.00. The maximum absolute atomic E-state index is 10.00. The van der Waals surface area contributed by atoms with Gasteiger partial charge in [0.05, 0.1) is 18.3 Å². The van der Waals surface area contributed by atoms with E-state index in [0.717, 1.165) is 11.2 Å². The van der Waals surface area contributed by atoms with Gasteiger partial charge in [0.25, 0.3) is 0 Å². The van der Waals surface area contributed by atoms with Gasteiger partial charge in [0.2, 0.25) is 5.88 Å². The first-order valence-electron chi connectivity index (χ1n) is 5.92. The van der Waals surface area contributed by atoms with Crippen LogP contribution in [-0.4, -0.2) is 35.9 Å². The van der Waals surface area contributed by atoms with Crippen molar-refractivity contribution in [3.63, 3.8) is 0 Å². The zero-order chi connectivity index (χ0) is 14.0. The van der Waals surface area contributed by atoms with Crippen LogP contribution in [0.5, 0.6) is 5.88 Å². The average Bonchev–Trinajstić information content (AvgIpc) is 2.24. The highest BCUT2D eigenvalue weighted by molar-refractivity contribution is 6.47. The Morgan fingerprint density at radius 3 is 2.33 bits per heavy atom. The van der Waals surface area contributed by atoms with Crippen molar-refractivity contribution in [1.82, 2.24) is 4.98 Å². The number of ether oxygens (including phenoxy) is 1. The second-order valence-corrected chi connectivity index (χ2v) is 5.39. The molecule has 1 aromatic rings. The molecular weight excluding hydrogens is 229 g/mol. The predicted octanol–water partition coefficient (Wildman–Crippen LogP) is 1.21. The van der Waals surface area contributed by atoms with E-state index in [1.807, 2.05) is 26.8 Å². The van der Waals surface area contributed by atoms with Crippen molar-refractivity contribution < 1.29 is 14.5 Å². The molecule has 0 aliphatic carbocycles. The summed E-state index contributed by atoms with van der Waals surface area (Å²) in [7, 11) is 3.20. The van der Waals surface area contributed by atoms with Crippen molar-refractivity contribution in [2.24, 2.45) is 0 Å². The van der Waals surface area contributed by atoms with Gasteiger partial charge in [-0.1, -0.05) is 0 Å². The SMILES string of the molecule is COc1cc([B]OC(C)(C)C(C)(C)O)cc(C)n1. The van der Waals surface area contributed by atoms with Crippen LogP contribution >= 0.6 is 0 Å². The normalized spacial score (nSPS) is 12.4. The van der Waals surface area contributed by atoms with Gasteiger partial charge in [-0.25, -0.2) is 4.98 Å². The molecule has 0 spiro atoms. The Bertz CT molecular complexity index is 413. The van der Waals surface area contributed by atoms with Crippen LogP contribution in [0, 0.1) is 6.92 Å². The number of nitrogens with zero attached hydrogens (tertiary/aromatic N) is 1. The third kappa shape index (κ3) is 3.72. The van der Waals surface area contributed by atoms with Crippen molar-refractivity contribution in [2.45, 2.75) is 45.8 Å². The molecule has 4 nitrogen and oxygen atoms in total. The highest BCUT2D eigenvalue weighted by Crippen LogP contribution is 2.24. The van der Waals surface area contributed by atoms with Crippen molar-refractivity contribution >= 4 is 12.9 Å². The van der Waals surface area contributed by atoms with Gasteiger partial charge in [-0.05, 0) is 52.2 Å². The highest BCUT2D eigenvalue weighted by Gasteiger charge is 2.35. The molecule has 0 unspecified atom stereocenters. The minimum absolute atomic E-state index is 0.547. The van der Waals surface area contributed by atoms with Crippen LogP contribution in [0.15, 0.2) is 12.1 Å². The lowest BCUT2D eigenvalue weighted by Crippen LogP contribution is -2.49. The number of hydrogen-bond acceptors (Lipinski definition) is 4. The number of aryl methyl sites for hydroxylation is 1. The smallest absolute Gasteiger partial charge is 0.331 e. The van der Waals surface area contributed by atoms with Crippen LogP contribution in [0.3, 0.4) is 0 Å². The van der Waals surface area contributed by atoms with Gasteiger partial charge in [0.1, 0.15) is 0 Å². The van der Waals surface area contributed by atoms with Crippen molar-refractivity contribution in [3.05, 3.63) is 17.8 Å². The van der Waals surface area contributed by atoms with Crippen molar-refractivity contribution in [2.75, 3.05) is 7.11 Å². The summed E-state index contributed by atoms with van der Waals surface area (Å²) >= 11 is 0. The molecule has 0 aliphatic rings. The van der Waals surface area contributed by atoms with E-state index < -0.39 is 11.2 Å². The molecule has 0 atom stereocenters. The van der Waals surface area contributed by atoms with E-state index in [1.54, 1.807) is 34.5 Å². The average molecular weight is 250 g/mol. The summed E-state index contributed by atoms with van der Waals surface area (Å²) in [5, 5.41) is 10.00. The maximum Gasteiger partial charge on any atom is 0.331 e. The lowest BCUT2D eigenvalue weighted by atomic mass is 9.83. The zero-order valence-corrected chi connectivity index (χ0v) is 11.9. The Morgan fingerprint density at radius 1 is 1.22 bits per heavy atom. The summed E-state index contributed by atoms with van der Waals surface area (Å²) in [6.07, 6.45) is 0. The molecular formula is C13H21BNO3. The van der Waals surface area contributed by atoms with Crippen LogP contribution in [-0.2, 0) is 4.65 Å². The number of pyridine rings is 1. The Labute approximate surface area is 110 Å². The number of rotatable bonds is 5. The number of methoxy groups -OCH3 is 1. The Balaban J connectivity index is 2.78. The molecule has 18 heavy (non-hydrogen) atoms. The first kappa shape index (κ1) is 15.0.